The molecule has 0 atom stereocenters. The Morgan fingerprint density at radius 1 is 1.42 bits per heavy atom. The summed E-state index contributed by atoms with van der Waals surface area (Å²) in [6.45, 7) is 12.8. The smallest absolute Gasteiger partial charge is 0.118 e. The minimum atomic E-state index is 0.681. The summed E-state index contributed by atoms with van der Waals surface area (Å²) < 4.78 is 5.85. The summed E-state index contributed by atoms with van der Waals surface area (Å²) in [6.07, 6.45) is 2.74. The standard InChI is InChI=1S/C16H28N2O/c1-5-18(15-6-7-15)11-14-8-16(19-13(14)4)10-17-9-12(2)3/h8,12,15,17H,5-7,9-11H2,1-4H3. The Morgan fingerprint density at radius 3 is 2.74 bits per heavy atom. The van der Waals surface area contributed by atoms with Crippen LogP contribution in [0.25, 0.3) is 0 Å². The van der Waals surface area contributed by atoms with Crippen molar-refractivity contribution in [1.82, 2.24) is 10.2 Å². The number of aryl methyl sites for hydroxylation is 1. The van der Waals surface area contributed by atoms with Crippen LogP contribution in [0.1, 0.15) is 50.7 Å². The molecule has 3 nitrogen and oxygen atoms in total. The monoisotopic (exact) mass is 264 g/mol. The van der Waals surface area contributed by atoms with Gasteiger partial charge in [-0.3, -0.25) is 4.90 Å². The van der Waals surface area contributed by atoms with Gasteiger partial charge < -0.3 is 9.73 Å². The van der Waals surface area contributed by atoms with E-state index in [-0.39, 0.29) is 0 Å². The van der Waals surface area contributed by atoms with Crippen molar-refractivity contribution in [2.75, 3.05) is 13.1 Å². The van der Waals surface area contributed by atoms with Gasteiger partial charge in [-0.1, -0.05) is 20.8 Å². The summed E-state index contributed by atoms with van der Waals surface area (Å²) in [5.41, 5.74) is 1.36. The lowest BCUT2D eigenvalue weighted by molar-refractivity contribution is 0.267. The van der Waals surface area contributed by atoms with Gasteiger partial charge in [0.25, 0.3) is 0 Å². The fourth-order valence-corrected chi connectivity index (χ4v) is 2.47. The highest BCUT2D eigenvalue weighted by Crippen LogP contribution is 2.29. The minimum absolute atomic E-state index is 0.681. The molecule has 1 N–H and O–H groups in total. The molecule has 1 aromatic rings. The van der Waals surface area contributed by atoms with Gasteiger partial charge >= 0.3 is 0 Å². The molecule has 2 rings (SSSR count). The first-order valence-corrected chi connectivity index (χ1v) is 7.63. The lowest BCUT2D eigenvalue weighted by Crippen LogP contribution is -2.25. The Hall–Kier alpha value is -0.800. The zero-order valence-electron chi connectivity index (χ0n) is 12.8. The summed E-state index contributed by atoms with van der Waals surface area (Å²) in [7, 11) is 0. The van der Waals surface area contributed by atoms with Crippen LogP contribution in [0, 0.1) is 12.8 Å². The van der Waals surface area contributed by atoms with Crippen molar-refractivity contribution < 1.29 is 4.42 Å². The van der Waals surface area contributed by atoms with Crippen LogP contribution in [-0.4, -0.2) is 24.0 Å². The maximum absolute atomic E-state index is 5.85. The third kappa shape index (κ3) is 4.36. The van der Waals surface area contributed by atoms with Gasteiger partial charge in [-0.05, 0) is 44.8 Å². The van der Waals surface area contributed by atoms with E-state index in [0.29, 0.717) is 5.92 Å². The highest BCUT2D eigenvalue weighted by molar-refractivity contribution is 5.21. The van der Waals surface area contributed by atoms with Gasteiger partial charge in [0.15, 0.2) is 0 Å². The summed E-state index contributed by atoms with van der Waals surface area (Å²) >= 11 is 0. The molecule has 108 valence electrons. The number of hydrogen-bond donors (Lipinski definition) is 1. The predicted molar refractivity (Wildman–Crippen MR) is 79.1 cm³/mol. The predicted octanol–water partition coefficient (Wildman–Crippen LogP) is 3.32. The first kappa shape index (κ1) is 14.6. The molecule has 19 heavy (non-hydrogen) atoms. The zero-order chi connectivity index (χ0) is 13.8. The van der Waals surface area contributed by atoms with Gasteiger partial charge in [-0.25, -0.2) is 0 Å². The van der Waals surface area contributed by atoms with E-state index in [1.807, 2.05) is 0 Å². The average Bonchev–Trinajstić information content (AvgIpc) is 3.12. The fourth-order valence-electron chi connectivity index (χ4n) is 2.47. The molecule has 0 aliphatic heterocycles. The van der Waals surface area contributed by atoms with E-state index in [0.717, 1.165) is 43.7 Å². The van der Waals surface area contributed by atoms with Crippen LogP contribution in [0.15, 0.2) is 10.5 Å². The second kappa shape index (κ2) is 6.58. The minimum Gasteiger partial charge on any atom is -0.465 e. The largest absolute Gasteiger partial charge is 0.465 e. The maximum atomic E-state index is 5.85. The average molecular weight is 264 g/mol. The Bertz CT molecular complexity index is 393. The number of nitrogens with zero attached hydrogens (tertiary/aromatic N) is 1. The van der Waals surface area contributed by atoms with Crippen LogP contribution in [-0.2, 0) is 13.1 Å². The van der Waals surface area contributed by atoms with Crippen LogP contribution in [0.4, 0.5) is 0 Å². The molecule has 0 aromatic carbocycles. The van der Waals surface area contributed by atoms with Gasteiger partial charge in [-0.2, -0.15) is 0 Å². The first-order valence-electron chi connectivity index (χ1n) is 7.63. The normalized spacial score (nSPS) is 15.7. The maximum Gasteiger partial charge on any atom is 0.118 e. The second-order valence-corrected chi connectivity index (χ2v) is 6.11. The van der Waals surface area contributed by atoms with Crippen LogP contribution in [0.5, 0.6) is 0 Å². The topological polar surface area (TPSA) is 28.4 Å². The van der Waals surface area contributed by atoms with E-state index in [1.54, 1.807) is 0 Å². The van der Waals surface area contributed by atoms with Crippen molar-refractivity contribution in [1.29, 1.82) is 0 Å². The number of nitrogens with one attached hydrogen (secondary N) is 1. The summed E-state index contributed by atoms with van der Waals surface area (Å²) in [6, 6.07) is 3.05. The highest BCUT2D eigenvalue weighted by Gasteiger charge is 2.28. The third-order valence-electron chi connectivity index (χ3n) is 3.77. The van der Waals surface area contributed by atoms with Gasteiger partial charge in [0.05, 0.1) is 6.54 Å². The van der Waals surface area contributed by atoms with Crippen LogP contribution in [0.2, 0.25) is 0 Å². The zero-order valence-corrected chi connectivity index (χ0v) is 12.8. The van der Waals surface area contributed by atoms with Gasteiger partial charge in [0, 0.05) is 18.2 Å². The number of rotatable bonds is 8. The van der Waals surface area contributed by atoms with E-state index in [9.17, 15) is 0 Å². The van der Waals surface area contributed by atoms with E-state index in [2.05, 4.69) is 44.0 Å². The highest BCUT2D eigenvalue weighted by atomic mass is 16.3. The molecule has 0 saturated heterocycles. The molecule has 0 amide bonds. The molecule has 1 aromatic heterocycles. The molecule has 1 heterocycles. The van der Waals surface area contributed by atoms with E-state index in [1.165, 1.54) is 18.4 Å². The molecule has 3 heteroatoms. The Balaban J connectivity index is 1.88. The van der Waals surface area contributed by atoms with Crippen LogP contribution < -0.4 is 5.32 Å². The van der Waals surface area contributed by atoms with Crippen molar-refractivity contribution in [3.05, 3.63) is 23.2 Å². The molecule has 1 saturated carbocycles. The summed E-state index contributed by atoms with van der Waals surface area (Å²) in [5.74, 6) is 2.83. The molecule has 1 aliphatic carbocycles. The van der Waals surface area contributed by atoms with E-state index >= 15 is 0 Å². The molecule has 0 bridgehead atoms. The molecule has 0 spiro atoms. The van der Waals surface area contributed by atoms with Crippen molar-refractivity contribution in [2.45, 2.75) is 59.7 Å². The quantitative estimate of drug-likeness (QED) is 0.781. The fraction of sp³-hybridized carbons (Fsp3) is 0.750. The van der Waals surface area contributed by atoms with Crippen molar-refractivity contribution in [3.8, 4) is 0 Å². The van der Waals surface area contributed by atoms with E-state index in [4.69, 9.17) is 4.42 Å². The SMILES string of the molecule is CCN(Cc1cc(CNCC(C)C)oc1C)C1CC1. The Labute approximate surface area is 117 Å². The van der Waals surface area contributed by atoms with Gasteiger partial charge in [-0.15, -0.1) is 0 Å². The molecule has 1 fully saturated rings. The van der Waals surface area contributed by atoms with Gasteiger partial charge in [0.2, 0.25) is 0 Å². The van der Waals surface area contributed by atoms with Crippen LogP contribution in [0.3, 0.4) is 0 Å². The molecular formula is C16H28N2O. The van der Waals surface area contributed by atoms with Crippen LogP contribution >= 0.6 is 0 Å². The Kier molecular flexibility index (Phi) is 5.06. The lowest BCUT2D eigenvalue weighted by atomic mass is 10.2. The number of furan rings is 1. The third-order valence-corrected chi connectivity index (χ3v) is 3.77. The molecule has 1 aliphatic rings. The molecular weight excluding hydrogens is 236 g/mol. The summed E-state index contributed by atoms with van der Waals surface area (Å²) in [4.78, 5) is 2.56. The first-order chi connectivity index (χ1) is 9.10. The van der Waals surface area contributed by atoms with Crippen molar-refractivity contribution >= 4 is 0 Å². The number of hydrogen-bond acceptors (Lipinski definition) is 3. The lowest BCUT2D eigenvalue weighted by Gasteiger charge is -2.18. The van der Waals surface area contributed by atoms with Gasteiger partial charge in [0.1, 0.15) is 11.5 Å². The molecule has 0 radical (unpaired) electrons. The molecule has 0 unspecified atom stereocenters. The Morgan fingerprint density at radius 2 is 2.16 bits per heavy atom. The van der Waals surface area contributed by atoms with E-state index < -0.39 is 0 Å². The van der Waals surface area contributed by atoms with Crippen molar-refractivity contribution in [3.63, 3.8) is 0 Å². The van der Waals surface area contributed by atoms with Crippen molar-refractivity contribution in [2.24, 2.45) is 5.92 Å². The second-order valence-electron chi connectivity index (χ2n) is 6.11. The summed E-state index contributed by atoms with van der Waals surface area (Å²) in [5, 5.41) is 3.44.